The molecular weight excluding hydrogens is 468 g/mol. The Hall–Kier alpha value is -4.10. The number of nitrogens with one attached hydrogen (secondary N) is 1. The van der Waals surface area contributed by atoms with Crippen molar-refractivity contribution in [3.63, 3.8) is 0 Å². The third-order valence-electron chi connectivity index (χ3n) is 5.45. The molecule has 0 fully saturated rings. The Bertz CT molecular complexity index is 1450. The fourth-order valence-corrected chi connectivity index (χ4v) is 3.86. The van der Waals surface area contributed by atoms with Crippen LogP contribution in [0.1, 0.15) is 5.56 Å². The number of hydrogen-bond acceptors (Lipinski definition) is 4. The maximum absolute atomic E-state index is 13.7. The molecule has 0 radical (unpaired) electrons. The normalized spacial score (nSPS) is 10.9. The summed E-state index contributed by atoms with van der Waals surface area (Å²) >= 11 is 6.00. The first-order valence-electron chi connectivity index (χ1n) is 11.0. The van der Waals surface area contributed by atoms with Gasteiger partial charge in [-0.25, -0.2) is 18.7 Å². The second-order valence-corrected chi connectivity index (χ2v) is 8.26. The molecule has 8 heteroatoms. The van der Waals surface area contributed by atoms with Crippen molar-refractivity contribution in [3.05, 3.63) is 113 Å². The quantitative estimate of drug-likeness (QED) is 0.281. The fraction of sp³-hybridized carbons (Fsp3) is 0.0741. The van der Waals surface area contributed by atoms with Crippen LogP contribution in [0.5, 0.6) is 0 Å². The second kappa shape index (κ2) is 10.0. The Morgan fingerprint density at radius 2 is 1.63 bits per heavy atom. The van der Waals surface area contributed by atoms with Crippen LogP contribution in [0.2, 0.25) is 5.02 Å². The molecule has 2 aromatic heterocycles. The Balaban J connectivity index is 1.49. The lowest BCUT2D eigenvalue weighted by molar-refractivity contribution is 0.628. The summed E-state index contributed by atoms with van der Waals surface area (Å²) in [5.41, 5.74) is 3.13. The first kappa shape index (κ1) is 22.7. The van der Waals surface area contributed by atoms with Crippen LogP contribution in [-0.4, -0.2) is 26.1 Å². The summed E-state index contributed by atoms with van der Waals surface area (Å²) in [5, 5.41) is 3.26. The summed E-state index contributed by atoms with van der Waals surface area (Å²) in [7, 11) is 0. The molecule has 5 aromatic rings. The Labute approximate surface area is 206 Å². The van der Waals surface area contributed by atoms with E-state index in [-0.39, 0.29) is 10.8 Å². The minimum absolute atomic E-state index is 0.00678. The van der Waals surface area contributed by atoms with Crippen LogP contribution < -0.4 is 5.32 Å². The highest BCUT2D eigenvalue weighted by atomic mass is 35.5. The van der Waals surface area contributed by atoms with E-state index in [2.05, 4.69) is 27.4 Å². The summed E-state index contributed by atoms with van der Waals surface area (Å²) in [6, 6.07) is 22.4. The summed E-state index contributed by atoms with van der Waals surface area (Å²) in [6.07, 6.45) is 4.28. The average Bonchev–Trinajstić information content (AvgIpc) is 3.33. The van der Waals surface area contributed by atoms with Crippen molar-refractivity contribution >= 4 is 17.5 Å². The number of anilines is 1. The number of imidazole rings is 1. The molecule has 0 bridgehead atoms. The molecule has 0 amide bonds. The van der Waals surface area contributed by atoms with Crippen molar-refractivity contribution in [2.45, 2.75) is 6.42 Å². The molecule has 0 aliphatic carbocycles. The standard InChI is InChI=1S/C27H20ClF2N5/c28-22-16-20(8-11-23(22)30)24-17-35(26(33-24)19-6-9-21(29)10-7-19)25-13-15-32-27(34-25)31-14-12-18-4-2-1-3-5-18/h1-11,13,15-17H,12,14H2,(H,31,32,34). The van der Waals surface area contributed by atoms with Crippen LogP contribution in [0.15, 0.2) is 91.3 Å². The van der Waals surface area contributed by atoms with Crippen molar-refractivity contribution in [1.82, 2.24) is 19.5 Å². The monoisotopic (exact) mass is 487 g/mol. The van der Waals surface area contributed by atoms with Crippen molar-refractivity contribution in [2.75, 3.05) is 11.9 Å². The van der Waals surface area contributed by atoms with Crippen molar-refractivity contribution in [3.8, 4) is 28.5 Å². The SMILES string of the molecule is Fc1ccc(-c2nc(-c3ccc(F)c(Cl)c3)cn2-c2ccnc(NCCc3ccccc3)n2)cc1. The maximum atomic E-state index is 13.7. The first-order valence-corrected chi connectivity index (χ1v) is 11.4. The molecule has 0 atom stereocenters. The molecule has 5 nitrogen and oxygen atoms in total. The smallest absolute Gasteiger partial charge is 0.224 e. The van der Waals surface area contributed by atoms with E-state index >= 15 is 0 Å². The van der Waals surface area contributed by atoms with E-state index in [1.54, 1.807) is 41.2 Å². The lowest BCUT2D eigenvalue weighted by Gasteiger charge is -2.09. The van der Waals surface area contributed by atoms with Gasteiger partial charge in [0.1, 0.15) is 23.3 Å². The van der Waals surface area contributed by atoms with Crippen LogP contribution in [-0.2, 0) is 6.42 Å². The summed E-state index contributed by atoms with van der Waals surface area (Å²) in [4.78, 5) is 13.7. The van der Waals surface area contributed by atoms with Gasteiger partial charge in [-0.05, 0) is 60.5 Å². The first-order chi connectivity index (χ1) is 17.1. The molecular formula is C27H20ClF2N5. The number of halogens is 3. The third-order valence-corrected chi connectivity index (χ3v) is 5.74. The molecule has 35 heavy (non-hydrogen) atoms. The highest BCUT2D eigenvalue weighted by Gasteiger charge is 2.16. The van der Waals surface area contributed by atoms with E-state index in [1.807, 2.05) is 18.2 Å². The Kier molecular flexibility index (Phi) is 6.50. The minimum Gasteiger partial charge on any atom is -0.354 e. The fourth-order valence-electron chi connectivity index (χ4n) is 3.68. The number of aromatic nitrogens is 4. The maximum Gasteiger partial charge on any atom is 0.224 e. The van der Waals surface area contributed by atoms with E-state index in [0.29, 0.717) is 41.0 Å². The van der Waals surface area contributed by atoms with Gasteiger partial charge in [0, 0.05) is 30.1 Å². The lowest BCUT2D eigenvalue weighted by atomic mass is 10.1. The molecule has 2 heterocycles. The highest BCUT2D eigenvalue weighted by molar-refractivity contribution is 6.31. The Morgan fingerprint density at radius 3 is 2.40 bits per heavy atom. The molecule has 0 spiro atoms. The molecule has 1 N–H and O–H groups in total. The number of rotatable bonds is 7. The zero-order valence-corrected chi connectivity index (χ0v) is 19.3. The zero-order valence-electron chi connectivity index (χ0n) is 18.5. The summed E-state index contributed by atoms with van der Waals surface area (Å²) in [6.45, 7) is 0.668. The minimum atomic E-state index is -0.504. The van der Waals surface area contributed by atoms with Crippen LogP contribution >= 0.6 is 11.6 Å². The second-order valence-electron chi connectivity index (χ2n) is 7.86. The molecule has 3 aromatic carbocycles. The average molecular weight is 488 g/mol. The van der Waals surface area contributed by atoms with Crippen molar-refractivity contribution < 1.29 is 8.78 Å². The van der Waals surface area contributed by atoms with E-state index < -0.39 is 5.82 Å². The van der Waals surface area contributed by atoms with Crippen LogP contribution in [0.25, 0.3) is 28.5 Å². The van der Waals surface area contributed by atoms with Crippen LogP contribution in [0.3, 0.4) is 0 Å². The molecule has 0 unspecified atom stereocenters. The van der Waals surface area contributed by atoms with Gasteiger partial charge in [-0.1, -0.05) is 41.9 Å². The van der Waals surface area contributed by atoms with E-state index in [0.717, 1.165) is 6.42 Å². The molecule has 0 aliphatic heterocycles. The molecule has 5 rings (SSSR count). The zero-order chi connectivity index (χ0) is 24.2. The largest absolute Gasteiger partial charge is 0.354 e. The predicted molar refractivity (Wildman–Crippen MR) is 134 cm³/mol. The summed E-state index contributed by atoms with van der Waals surface area (Å²) in [5.74, 6) is 0.756. The van der Waals surface area contributed by atoms with Crippen molar-refractivity contribution in [1.29, 1.82) is 0 Å². The van der Waals surface area contributed by atoms with E-state index in [4.69, 9.17) is 16.6 Å². The van der Waals surface area contributed by atoms with E-state index in [9.17, 15) is 8.78 Å². The topological polar surface area (TPSA) is 55.6 Å². The van der Waals surface area contributed by atoms with E-state index in [1.165, 1.54) is 29.8 Å². The number of nitrogens with zero attached hydrogens (tertiary/aromatic N) is 4. The number of benzene rings is 3. The van der Waals surface area contributed by atoms with Gasteiger partial charge in [-0.3, -0.25) is 4.57 Å². The molecule has 174 valence electrons. The van der Waals surface area contributed by atoms with Crippen LogP contribution in [0.4, 0.5) is 14.7 Å². The summed E-state index contributed by atoms with van der Waals surface area (Å²) < 4.78 is 29.1. The van der Waals surface area contributed by atoms with Gasteiger partial charge in [0.15, 0.2) is 0 Å². The van der Waals surface area contributed by atoms with Gasteiger partial charge in [-0.2, -0.15) is 4.98 Å². The van der Waals surface area contributed by atoms with Gasteiger partial charge in [0.25, 0.3) is 0 Å². The Morgan fingerprint density at radius 1 is 0.857 bits per heavy atom. The van der Waals surface area contributed by atoms with Crippen molar-refractivity contribution in [2.24, 2.45) is 0 Å². The van der Waals surface area contributed by atoms with Gasteiger partial charge in [0.2, 0.25) is 5.95 Å². The van der Waals surface area contributed by atoms with Gasteiger partial charge >= 0.3 is 0 Å². The molecule has 0 saturated carbocycles. The number of hydrogen-bond donors (Lipinski definition) is 1. The highest BCUT2D eigenvalue weighted by Crippen LogP contribution is 2.29. The molecule has 0 saturated heterocycles. The lowest BCUT2D eigenvalue weighted by Crippen LogP contribution is -2.09. The molecule has 0 aliphatic rings. The van der Waals surface area contributed by atoms with Gasteiger partial charge < -0.3 is 5.32 Å². The van der Waals surface area contributed by atoms with Gasteiger partial charge in [-0.15, -0.1) is 0 Å². The third kappa shape index (κ3) is 5.20. The predicted octanol–water partition coefficient (Wildman–Crippen LogP) is 6.58. The van der Waals surface area contributed by atoms with Crippen LogP contribution in [0, 0.1) is 11.6 Å². The van der Waals surface area contributed by atoms with Gasteiger partial charge in [0.05, 0.1) is 10.7 Å².